The van der Waals surface area contributed by atoms with E-state index in [2.05, 4.69) is 20.3 Å². The van der Waals surface area contributed by atoms with Crippen LogP contribution in [-0.2, 0) is 9.53 Å². The Morgan fingerprint density at radius 3 is 2.44 bits per heavy atom. The average Bonchev–Trinajstić information content (AvgIpc) is 2.60. The van der Waals surface area contributed by atoms with Gasteiger partial charge in [0, 0.05) is 58.3 Å². The monoisotopic (exact) mass is 396 g/mol. The van der Waals surface area contributed by atoms with Crippen LogP contribution in [0.25, 0.3) is 0 Å². The fraction of sp³-hybridized carbons (Fsp3) is 0.882. The van der Waals surface area contributed by atoms with Gasteiger partial charge in [0.1, 0.15) is 6.61 Å². The van der Waals surface area contributed by atoms with E-state index < -0.39 is 12.8 Å². The maximum absolute atomic E-state index is 12.1. The van der Waals surface area contributed by atoms with Crippen LogP contribution in [0, 0.1) is 0 Å². The van der Waals surface area contributed by atoms with Crippen molar-refractivity contribution in [1.29, 1.82) is 0 Å². The van der Waals surface area contributed by atoms with Crippen molar-refractivity contribution in [2.75, 3.05) is 52.5 Å². The summed E-state index contributed by atoms with van der Waals surface area (Å²) in [4.78, 5) is 27.5. The van der Waals surface area contributed by atoms with Crippen molar-refractivity contribution >= 4 is 11.9 Å². The molecule has 0 aromatic carbocycles. The largest absolute Gasteiger partial charge is 0.411 e. The fourth-order valence-corrected chi connectivity index (χ4v) is 2.60. The minimum absolute atomic E-state index is 0.0684. The Balaban J connectivity index is 2.10. The standard InChI is InChI=1S/C17H31F3N4O3/c1-3-14(2)22-15(25)5-6-21-16(26)24-10-8-23(9-11-24)7-4-12-27-13-17(18,19)20/h14H,3-13H2,1-2H3,(H,21,26)(H,22,25). The molecule has 3 amide bonds. The highest BCUT2D eigenvalue weighted by molar-refractivity contribution is 5.78. The van der Waals surface area contributed by atoms with Crippen LogP contribution in [0.5, 0.6) is 0 Å². The summed E-state index contributed by atoms with van der Waals surface area (Å²) in [6.45, 7) is 6.14. The minimum Gasteiger partial charge on any atom is -0.372 e. The molecule has 1 atom stereocenters. The summed E-state index contributed by atoms with van der Waals surface area (Å²) in [5.74, 6) is -0.0813. The van der Waals surface area contributed by atoms with Crippen molar-refractivity contribution in [3.8, 4) is 0 Å². The number of carbonyl (C=O) groups excluding carboxylic acids is 2. The van der Waals surface area contributed by atoms with Crippen molar-refractivity contribution < 1.29 is 27.5 Å². The number of nitrogens with zero attached hydrogens (tertiary/aromatic N) is 2. The molecule has 1 aliphatic rings. The highest BCUT2D eigenvalue weighted by Gasteiger charge is 2.27. The number of hydrogen-bond acceptors (Lipinski definition) is 4. The van der Waals surface area contributed by atoms with Crippen molar-refractivity contribution in [2.45, 2.75) is 45.3 Å². The van der Waals surface area contributed by atoms with E-state index in [-0.39, 0.29) is 37.6 Å². The first-order chi connectivity index (χ1) is 12.7. The van der Waals surface area contributed by atoms with Crippen molar-refractivity contribution in [1.82, 2.24) is 20.4 Å². The minimum atomic E-state index is -4.28. The number of rotatable bonds is 10. The SMILES string of the molecule is CCC(C)NC(=O)CCNC(=O)N1CCN(CCCOCC(F)(F)F)CC1. The molecule has 158 valence electrons. The Labute approximate surface area is 158 Å². The molecule has 0 aliphatic carbocycles. The van der Waals surface area contributed by atoms with Gasteiger partial charge in [0.2, 0.25) is 5.91 Å². The molecular formula is C17H31F3N4O3. The summed E-state index contributed by atoms with van der Waals surface area (Å²) in [6.07, 6.45) is -2.66. The van der Waals surface area contributed by atoms with Gasteiger partial charge >= 0.3 is 12.2 Å². The number of carbonyl (C=O) groups is 2. The molecule has 10 heteroatoms. The Morgan fingerprint density at radius 2 is 1.85 bits per heavy atom. The van der Waals surface area contributed by atoms with Gasteiger partial charge < -0.3 is 20.3 Å². The van der Waals surface area contributed by atoms with Gasteiger partial charge in [-0.25, -0.2) is 4.79 Å². The number of halogens is 3. The number of amides is 3. The van der Waals surface area contributed by atoms with Crippen LogP contribution in [0.15, 0.2) is 0 Å². The molecule has 0 aromatic heterocycles. The number of ether oxygens (including phenoxy) is 1. The van der Waals surface area contributed by atoms with Crippen molar-refractivity contribution in [2.24, 2.45) is 0 Å². The zero-order chi connectivity index (χ0) is 20.3. The van der Waals surface area contributed by atoms with Crippen LogP contribution in [0.2, 0.25) is 0 Å². The number of hydrogen-bond donors (Lipinski definition) is 2. The van der Waals surface area contributed by atoms with Gasteiger partial charge in [0.05, 0.1) is 0 Å². The molecule has 0 aromatic rings. The van der Waals surface area contributed by atoms with Crippen molar-refractivity contribution in [3.63, 3.8) is 0 Å². The molecule has 0 spiro atoms. The smallest absolute Gasteiger partial charge is 0.372 e. The molecule has 1 saturated heterocycles. The molecule has 1 rings (SSSR count). The van der Waals surface area contributed by atoms with Crippen LogP contribution in [-0.4, -0.2) is 86.4 Å². The number of alkyl halides is 3. The summed E-state index contributed by atoms with van der Waals surface area (Å²) in [5, 5.41) is 5.59. The lowest BCUT2D eigenvalue weighted by molar-refractivity contribution is -0.174. The molecular weight excluding hydrogens is 365 g/mol. The van der Waals surface area contributed by atoms with Gasteiger partial charge in [0.25, 0.3) is 0 Å². The second-order valence-corrected chi connectivity index (χ2v) is 6.71. The molecule has 1 unspecified atom stereocenters. The Bertz CT molecular complexity index is 455. The molecule has 7 nitrogen and oxygen atoms in total. The molecule has 1 heterocycles. The zero-order valence-corrected chi connectivity index (χ0v) is 16.1. The third kappa shape index (κ3) is 11.0. The van der Waals surface area contributed by atoms with Gasteiger partial charge in [-0.3, -0.25) is 9.69 Å². The van der Waals surface area contributed by atoms with Crippen LogP contribution < -0.4 is 10.6 Å². The van der Waals surface area contributed by atoms with Crippen LogP contribution in [0.1, 0.15) is 33.1 Å². The first-order valence-corrected chi connectivity index (χ1v) is 9.40. The number of urea groups is 1. The topological polar surface area (TPSA) is 73.9 Å². The van der Waals surface area contributed by atoms with E-state index >= 15 is 0 Å². The fourth-order valence-electron chi connectivity index (χ4n) is 2.60. The van der Waals surface area contributed by atoms with E-state index in [0.29, 0.717) is 39.1 Å². The van der Waals surface area contributed by atoms with Gasteiger partial charge in [-0.05, 0) is 19.8 Å². The average molecular weight is 396 g/mol. The second-order valence-electron chi connectivity index (χ2n) is 6.71. The third-order valence-electron chi connectivity index (χ3n) is 4.34. The second kappa shape index (κ2) is 12.0. The van der Waals surface area contributed by atoms with Crippen LogP contribution in [0.4, 0.5) is 18.0 Å². The normalized spacial score (nSPS) is 16.9. The predicted molar refractivity (Wildman–Crippen MR) is 95.4 cm³/mol. The predicted octanol–water partition coefficient (Wildman–Crippen LogP) is 1.59. The number of nitrogens with one attached hydrogen (secondary N) is 2. The van der Waals surface area contributed by atoms with E-state index in [9.17, 15) is 22.8 Å². The molecule has 0 radical (unpaired) electrons. The molecule has 0 bridgehead atoms. The molecule has 2 N–H and O–H groups in total. The van der Waals surface area contributed by atoms with E-state index in [4.69, 9.17) is 0 Å². The van der Waals surface area contributed by atoms with Crippen molar-refractivity contribution in [3.05, 3.63) is 0 Å². The Kier molecular flexibility index (Phi) is 10.5. The quantitative estimate of drug-likeness (QED) is 0.550. The summed E-state index contributed by atoms with van der Waals surface area (Å²) in [6, 6.07) is -0.0698. The Hall–Kier alpha value is -1.55. The van der Waals surface area contributed by atoms with Crippen LogP contribution in [0.3, 0.4) is 0 Å². The summed E-state index contributed by atoms with van der Waals surface area (Å²) >= 11 is 0. The summed E-state index contributed by atoms with van der Waals surface area (Å²) in [7, 11) is 0. The zero-order valence-electron chi connectivity index (χ0n) is 16.1. The maximum Gasteiger partial charge on any atom is 0.411 e. The van der Waals surface area contributed by atoms with Gasteiger partial charge in [-0.15, -0.1) is 0 Å². The summed E-state index contributed by atoms with van der Waals surface area (Å²) in [5.41, 5.74) is 0. The Morgan fingerprint density at radius 1 is 1.19 bits per heavy atom. The van der Waals surface area contributed by atoms with E-state index in [1.54, 1.807) is 4.90 Å². The first-order valence-electron chi connectivity index (χ1n) is 9.40. The van der Waals surface area contributed by atoms with E-state index in [0.717, 1.165) is 6.42 Å². The molecule has 1 aliphatic heterocycles. The van der Waals surface area contributed by atoms with Crippen LogP contribution >= 0.6 is 0 Å². The highest BCUT2D eigenvalue weighted by atomic mass is 19.4. The summed E-state index contributed by atoms with van der Waals surface area (Å²) < 4.78 is 40.5. The lowest BCUT2D eigenvalue weighted by atomic mass is 10.2. The van der Waals surface area contributed by atoms with Gasteiger partial charge in [-0.1, -0.05) is 6.92 Å². The van der Waals surface area contributed by atoms with Gasteiger partial charge in [0.15, 0.2) is 0 Å². The maximum atomic E-state index is 12.1. The highest BCUT2D eigenvalue weighted by Crippen LogP contribution is 2.14. The van der Waals surface area contributed by atoms with E-state index in [1.807, 2.05) is 13.8 Å². The molecule has 1 fully saturated rings. The van der Waals surface area contributed by atoms with E-state index in [1.165, 1.54) is 0 Å². The lowest BCUT2D eigenvalue weighted by Gasteiger charge is -2.34. The lowest BCUT2D eigenvalue weighted by Crippen LogP contribution is -2.52. The van der Waals surface area contributed by atoms with Gasteiger partial charge in [-0.2, -0.15) is 13.2 Å². The first kappa shape index (κ1) is 23.5. The molecule has 0 saturated carbocycles. The number of piperazine rings is 1. The third-order valence-corrected chi connectivity index (χ3v) is 4.34. The molecule has 27 heavy (non-hydrogen) atoms.